The van der Waals surface area contributed by atoms with Gasteiger partial charge in [0.2, 0.25) is 0 Å². The lowest BCUT2D eigenvalue weighted by Gasteiger charge is -2.15. The molecular weight excluding hydrogens is 198 g/mol. The molecule has 0 bridgehead atoms. The molecule has 80 valence electrons. The average Bonchev–Trinajstić information content (AvgIpc) is 2.67. The van der Waals surface area contributed by atoms with Gasteiger partial charge in [0.05, 0.1) is 17.7 Å². The van der Waals surface area contributed by atoms with Crippen LogP contribution >= 0.6 is 0 Å². The zero-order valence-corrected chi connectivity index (χ0v) is 9.39. The van der Waals surface area contributed by atoms with Gasteiger partial charge in [0.1, 0.15) is 0 Å². The van der Waals surface area contributed by atoms with Crippen LogP contribution in [0.3, 0.4) is 0 Å². The molecule has 0 radical (unpaired) electrons. The van der Waals surface area contributed by atoms with Gasteiger partial charge in [-0.15, -0.1) is 0 Å². The molecule has 1 rings (SSSR count). The van der Waals surface area contributed by atoms with Crippen molar-refractivity contribution in [3.05, 3.63) is 0 Å². The summed E-state index contributed by atoms with van der Waals surface area (Å²) in [5.41, 5.74) is 0. The van der Waals surface area contributed by atoms with Crippen molar-refractivity contribution in [2.75, 3.05) is 11.5 Å². The van der Waals surface area contributed by atoms with Crippen LogP contribution in [0.2, 0.25) is 0 Å². The van der Waals surface area contributed by atoms with Crippen molar-refractivity contribution in [2.24, 2.45) is 11.8 Å². The van der Waals surface area contributed by atoms with E-state index in [1.807, 2.05) is 0 Å². The predicted molar refractivity (Wildman–Crippen MR) is 55.4 cm³/mol. The molecule has 0 aromatic carbocycles. The monoisotopic (exact) mass is 215 g/mol. The van der Waals surface area contributed by atoms with Gasteiger partial charge in [-0.2, -0.15) is 5.26 Å². The molecule has 0 aliphatic heterocycles. The predicted octanol–water partition coefficient (Wildman–Crippen LogP) is 1.75. The Morgan fingerprint density at radius 2 is 2.00 bits per heavy atom. The maximum Gasteiger partial charge on any atom is 0.151 e. The Kier molecular flexibility index (Phi) is 3.94. The van der Waals surface area contributed by atoms with Gasteiger partial charge in [-0.3, -0.25) is 0 Å². The largest absolute Gasteiger partial charge is 0.229 e. The Bertz CT molecular complexity index is 310. The Labute approximate surface area is 86.0 Å². The zero-order valence-electron chi connectivity index (χ0n) is 8.57. The molecule has 0 aromatic rings. The minimum atomic E-state index is -2.99. The fourth-order valence-corrected chi connectivity index (χ4v) is 3.16. The normalized spacial score (nSPS) is 20.6. The highest BCUT2D eigenvalue weighted by Crippen LogP contribution is 2.31. The molecule has 0 saturated heterocycles. The van der Waals surface area contributed by atoms with Crippen LogP contribution in [0.15, 0.2) is 0 Å². The standard InChI is InChI=1S/C10H17NO2S/c1-2-14(12,13)8-10(7-11)9-5-3-4-6-9/h9-10H,2-6,8H2,1H3/t10-/m0/s1. The van der Waals surface area contributed by atoms with Crippen molar-refractivity contribution in [2.45, 2.75) is 32.6 Å². The van der Waals surface area contributed by atoms with Crippen molar-refractivity contribution < 1.29 is 8.42 Å². The number of sulfone groups is 1. The van der Waals surface area contributed by atoms with E-state index in [0.29, 0.717) is 5.92 Å². The van der Waals surface area contributed by atoms with Crippen LogP contribution in [-0.4, -0.2) is 19.9 Å². The number of nitriles is 1. The Morgan fingerprint density at radius 3 is 2.43 bits per heavy atom. The lowest BCUT2D eigenvalue weighted by Crippen LogP contribution is -2.22. The van der Waals surface area contributed by atoms with E-state index in [4.69, 9.17) is 5.26 Å². The lowest BCUT2D eigenvalue weighted by molar-refractivity contribution is 0.440. The van der Waals surface area contributed by atoms with Crippen LogP contribution in [-0.2, 0) is 9.84 Å². The van der Waals surface area contributed by atoms with Gasteiger partial charge in [0.15, 0.2) is 9.84 Å². The molecule has 0 N–H and O–H groups in total. The van der Waals surface area contributed by atoms with E-state index in [2.05, 4.69) is 6.07 Å². The van der Waals surface area contributed by atoms with E-state index < -0.39 is 9.84 Å². The van der Waals surface area contributed by atoms with Gasteiger partial charge in [0, 0.05) is 5.75 Å². The van der Waals surface area contributed by atoms with Crippen LogP contribution in [0.25, 0.3) is 0 Å². The van der Waals surface area contributed by atoms with Crippen LogP contribution in [0.4, 0.5) is 0 Å². The molecule has 1 atom stereocenters. The molecule has 3 nitrogen and oxygen atoms in total. The van der Waals surface area contributed by atoms with Crippen LogP contribution < -0.4 is 0 Å². The summed E-state index contributed by atoms with van der Waals surface area (Å²) in [7, 11) is -2.99. The third-order valence-corrected chi connectivity index (χ3v) is 4.75. The van der Waals surface area contributed by atoms with E-state index >= 15 is 0 Å². The highest BCUT2D eigenvalue weighted by molar-refractivity contribution is 7.91. The van der Waals surface area contributed by atoms with Crippen LogP contribution in [0.5, 0.6) is 0 Å². The van der Waals surface area contributed by atoms with Gasteiger partial charge >= 0.3 is 0 Å². The van der Waals surface area contributed by atoms with Gasteiger partial charge in [-0.1, -0.05) is 19.8 Å². The Hall–Kier alpha value is -0.560. The van der Waals surface area contributed by atoms with E-state index in [-0.39, 0.29) is 17.4 Å². The molecule has 0 amide bonds. The highest BCUT2D eigenvalue weighted by atomic mass is 32.2. The molecule has 1 fully saturated rings. The van der Waals surface area contributed by atoms with Crippen LogP contribution in [0, 0.1) is 23.2 Å². The first kappa shape index (κ1) is 11.5. The molecule has 14 heavy (non-hydrogen) atoms. The second-order valence-electron chi connectivity index (χ2n) is 3.98. The third kappa shape index (κ3) is 2.98. The quantitative estimate of drug-likeness (QED) is 0.718. The fourth-order valence-electron chi connectivity index (χ4n) is 2.03. The van der Waals surface area contributed by atoms with Crippen molar-refractivity contribution in [1.82, 2.24) is 0 Å². The topological polar surface area (TPSA) is 57.9 Å². The average molecular weight is 215 g/mol. The summed E-state index contributed by atoms with van der Waals surface area (Å²) in [6, 6.07) is 2.16. The number of hydrogen-bond acceptors (Lipinski definition) is 3. The summed E-state index contributed by atoms with van der Waals surface area (Å²) in [4.78, 5) is 0. The smallest absolute Gasteiger partial charge is 0.151 e. The highest BCUT2D eigenvalue weighted by Gasteiger charge is 2.28. The van der Waals surface area contributed by atoms with E-state index in [9.17, 15) is 8.42 Å². The second kappa shape index (κ2) is 4.79. The molecule has 4 heteroatoms. The Balaban J connectivity index is 2.60. The fraction of sp³-hybridized carbons (Fsp3) is 0.900. The first-order valence-electron chi connectivity index (χ1n) is 5.19. The molecule has 0 spiro atoms. The molecule has 1 aliphatic rings. The number of rotatable bonds is 4. The minimum Gasteiger partial charge on any atom is -0.229 e. The minimum absolute atomic E-state index is 0.0602. The van der Waals surface area contributed by atoms with Crippen molar-refractivity contribution in [3.63, 3.8) is 0 Å². The van der Waals surface area contributed by atoms with Gasteiger partial charge in [-0.25, -0.2) is 8.42 Å². The van der Waals surface area contributed by atoms with Crippen molar-refractivity contribution >= 4 is 9.84 Å². The van der Waals surface area contributed by atoms with Crippen molar-refractivity contribution in [3.8, 4) is 6.07 Å². The van der Waals surface area contributed by atoms with E-state index in [1.54, 1.807) is 6.92 Å². The third-order valence-electron chi connectivity index (χ3n) is 3.01. The van der Waals surface area contributed by atoms with Gasteiger partial charge < -0.3 is 0 Å². The number of hydrogen-bond donors (Lipinski definition) is 0. The summed E-state index contributed by atoms with van der Waals surface area (Å²) >= 11 is 0. The number of nitrogens with zero attached hydrogens (tertiary/aromatic N) is 1. The van der Waals surface area contributed by atoms with Crippen molar-refractivity contribution in [1.29, 1.82) is 5.26 Å². The van der Waals surface area contributed by atoms with E-state index in [0.717, 1.165) is 25.7 Å². The summed E-state index contributed by atoms with van der Waals surface area (Å²) < 4.78 is 22.7. The van der Waals surface area contributed by atoms with Gasteiger partial charge in [-0.05, 0) is 18.8 Å². The maximum absolute atomic E-state index is 11.4. The maximum atomic E-state index is 11.4. The lowest BCUT2D eigenvalue weighted by atomic mass is 9.94. The zero-order chi connectivity index (χ0) is 10.6. The molecular formula is C10H17NO2S. The first-order chi connectivity index (χ1) is 6.59. The second-order valence-corrected chi connectivity index (χ2v) is 6.38. The Morgan fingerprint density at radius 1 is 1.43 bits per heavy atom. The molecule has 0 aromatic heterocycles. The summed E-state index contributed by atoms with van der Waals surface area (Å²) in [6.45, 7) is 1.64. The summed E-state index contributed by atoms with van der Waals surface area (Å²) in [5.74, 6) is 0.256. The summed E-state index contributed by atoms with van der Waals surface area (Å²) in [6.07, 6.45) is 4.35. The SMILES string of the molecule is CCS(=O)(=O)C[C@H](C#N)C1CCCC1. The van der Waals surface area contributed by atoms with E-state index in [1.165, 1.54) is 0 Å². The molecule has 0 heterocycles. The molecule has 0 unspecified atom stereocenters. The van der Waals surface area contributed by atoms with Crippen LogP contribution in [0.1, 0.15) is 32.6 Å². The molecule has 1 aliphatic carbocycles. The summed E-state index contributed by atoms with van der Waals surface area (Å²) in [5, 5.41) is 8.93. The molecule has 1 saturated carbocycles. The van der Waals surface area contributed by atoms with Gasteiger partial charge in [0.25, 0.3) is 0 Å². The first-order valence-corrected chi connectivity index (χ1v) is 7.01.